The summed E-state index contributed by atoms with van der Waals surface area (Å²) in [6.45, 7) is 3.05. The molecule has 0 radical (unpaired) electrons. The van der Waals surface area contributed by atoms with E-state index < -0.39 is 81.8 Å². The molecular formula is C49H83O14P. The fraction of sp³-hybridized carbons (Fsp3) is 0.714. The zero-order valence-corrected chi connectivity index (χ0v) is 39.6. The molecule has 0 saturated heterocycles. The number of phosphoric acid groups is 1. The fourth-order valence-corrected chi connectivity index (χ4v) is 7.73. The first-order valence-corrected chi connectivity index (χ1v) is 25.3. The third kappa shape index (κ3) is 30.5. The van der Waals surface area contributed by atoms with Gasteiger partial charge in [-0.3, -0.25) is 18.6 Å². The quantitative estimate of drug-likeness (QED) is 0.0101. The molecule has 0 aliphatic heterocycles. The molecule has 9 atom stereocenters. The fourth-order valence-electron chi connectivity index (χ4n) is 6.75. The van der Waals surface area contributed by atoms with E-state index in [0.717, 1.165) is 44.9 Å². The Morgan fingerprint density at radius 1 is 0.578 bits per heavy atom. The Bertz CT molecular complexity index is 1410. The lowest BCUT2D eigenvalue weighted by Crippen LogP contribution is -2.64. The number of carbonyl (C=O) groups is 2. The monoisotopic (exact) mass is 927 g/mol. The number of hydrogen-bond acceptors (Lipinski definition) is 13. The molecule has 1 rings (SSSR count). The van der Waals surface area contributed by atoms with Crippen molar-refractivity contribution in [3.05, 3.63) is 72.9 Å². The van der Waals surface area contributed by atoms with Crippen molar-refractivity contribution in [3.63, 3.8) is 0 Å². The van der Waals surface area contributed by atoms with E-state index >= 15 is 0 Å². The van der Waals surface area contributed by atoms with Crippen LogP contribution in [0.15, 0.2) is 72.9 Å². The molecule has 0 bridgehead atoms. The molecule has 0 spiro atoms. The maximum atomic E-state index is 12.8. The first-order chi connectivity index (χ1) is 30.8. The van der Waals surface area contributed by atoms with Crippen molar-refractivity contribution >= 4 is 19.8 Å². The molecule has 1 saturated carbocycles. The van der Waals surface area contributed by atoms with Gasteiger partial charge in [-0.1, -0.05) is 151 Å². The number of aliphatic hydroxyl groups excluding tert-OH is 6. The van der Waals surface area contributed by atoms with Crippen molar-refractivity contribution in [2.75, 3.05) is 13.2 Å². The summed E-state index contributed by atoms with van der Waals surface area (Å²) in [4.78, 5) is 35.7. The van der Waals surface area contributed by atoms with Crippen LogP contribution in [0.2, 0.25) is 0 Å². The summed E-state index contributed by atoms with van der Waals surface area (Å²) in [5.41, 5.74) is 0. The van der Waals surface area contributed by atoms with E-state index in [1.54, 1.807) is 12.2 Å². The summed E-state index contributed by atoms with van der Waals surface area (Å²) in [6, 6.07) is 0. The number of carbonyl (C=O) groups excluding carboxylic acids is 2. The van der Waals surface area contributed by atoms with E-state index in [9.17, 15) is 49.7 Å². The standard InChI is InChI=1S/C49H83O14P/c1-3-5-7-9-11-12-13-14-15-16-17-18-19-20-24-28-32-36-42(51)60-38-41(39-61-64(58,59)63-49-47(56)45(54)44(53)46(55)48(49)57)62-43(52)37-33-29-25-22-21-23-27-31-35-40(50)34-30-26-10-8-6-4-2/h6,8,14-15,22-23,25-27,30-31,35,40-41,44-50,53-57H,3-5,7,9-13,16-21,24,28-29,32-34,36-39H2,1-2H3,(H,58,59)/b8-6-,15-14-,25-22-,27-23-,30-26-,35-31+/t40?,41-,44?,45-,46+,47-,48-,49?/m1/s1. The maximum Gasteiger partial charge on any atom is 0.472 e. The molecule has 64 heavy (non-hydrogen) atoms. The minimum atomic E-state index is -5.16. The molecule has 1 fully saturated rings. The predicted octanol–water partition coefficient (Wildman–Crippen LogP) is 8.47. The Labute approximate surface area is 383 Å². The van der Waals surface area contributed by atoms with Gasteiger partial charge in [-0.2, -0.15) is 0 Å². The number of esters is 2. The molecule has 0 amide bonds. The second-order valence-electron chi connectivity index (χ2n) is 16.4. The van der Waals surface area contributed by atoms with Gasteiger partial charge < -0.3 is 45.0 Å². The molecule has 14 nitrogen and oxygen atoms in total. The van der Waals surface area contributed by atoms with Crippen molar-refractivity contribution in [1.29, 1.82) is 0 Å². The summed E-state index contributed by atoms with van der Waals surface area (Å²) in [5, 5.41) is 60.2. The molecule has 1 aliphatic rings. The van der Waals surface area contributed by atoms with Gasteiger partial charge in [-0.25, -0.2) is 4.57 Å². The first-order valence-electron chi connectivity index (χ1n) is 23.8. The van der Waals surface area contributed by atoms with Crippen LogP contribution in [0.3, 0.4) is 0 Å². The van der Waals surface area contributed by atoms with Gasteiger partial charge in [0.1, 0.15) is 43.2 Å². The van der Waals surface area contributed by atoms with Gasteiger partial charge in [0.15, 0.2) is 6.10 Å². The van der Waals surface area contributed by atoms with E-state index in [1.165, 1.54) is 57.8 Å². The second-order valence-corrected chi connectivity index (χ2v) is 17.8. The largest absolute Gasteiger partial charge is 0.472 e. The van der Waals surface area contributed by atoms with Crippen molar-refractivity contribution in [2.45, 2.75) is 210 Å². The lowest BCUT2D eigenvalue weighted by molar-refractivity contribution is -0.220. The zero-order valence-electron chi connectivity index (χ0n) is 38.7. The van der Waals surface area contributed by atoms with Gasteiger partial charge >= 0.3 is 19.8 Å². The van der Waals surface area contributed by atoms with Crippen molar-refractivity contribution in [3.8, 4) is 0 Å². The van der Waals surface area contributed by atoms with Gasteiger partial charge in [0.05, 0.1) is 12.7 Å². The summed E-state index contributed by atoms with van der Waals surface area (Å²) in [7, 11) is -5.16. The molecule has 0 aromatic heterocycles. The summed E-state index contributed by atoms with van der Waals surface area (Å²) < 4.78 is 33.4. The van der Waals surface area contributed by atoms with Crippen LogP contribution in [0.25, 0.3) is 0 Å². The van der Waals surface area contributed by atoms with Gasteiger partial charge in [0.25, 0.3) is 0 Å². The van der Waals surface area contributed by atoms with Crippen LogP contribution in [-0.4, -0.2) is 110 Å². The number of aliphatic hydroxyl groups is 6. The van der Waals surface area contributed by atoms with Crippen LogP contribution in [0.4, 0.5) is 0 Å². The smallest absolute Gasteiger partial charge is 0.462 e. The molecule has 0 aromatic carbocycles. The minimum Gasteiger partial charge on any atom is -0.462 e. The number of ether oxygens (including phenoxy) is 2. The topological polar surface area (TPSA) is 230 Å². The number of allylic oxidation sites excluding steroid dienone is 10. The minimum absolute atomic E-state index is 0.0175. The third-order valence-electron chi connectivity index (χ3n) is 10.6. The Morgan fingerprint density at radius 2 is 1.09 bits per heavy atom. The van der Waals surface area contributed by atoms with Crippen LogP contribution >= 0.6 is 7.82 Å². The summed E-state index contributed by atoms with van der Waals surface area (Å²) in [5.74, 6) is -1.22. The molecule has 0 aromatic rings. The van der Waals surface area contributed by atoms with Crippen LogP contribution < -0.4 is 0 Å². The average molecular weight is 927 g/mol. The van der Waals surface area contributed by atoms with E-state index in [4.69, 9.17) is 18.5 Å². The second kappa shape index (κ2) is 38.4. The van der Waals surface area contributed by atoms with Crippen molar-refractivity contribution in [1.82, 2.24) is 0 Å². The van der Waals surface area contributed by atoms with Crippen molar-refractivity contribution < 1.29 is 68.2 Å². The molecule has 15 heteroatoms. The highest BCUT2D eigenvalue weighted by Gasteiger charge is 2.51. The van der Waals surface area contributed by atoms with E-state index in [2.05, 4.69) is 38.2 Å². The molecule has 4 unspecified atom stereocenters. The van der Waals surface area contributed by atoms with Crippen LogP contribution in [-0.2, 0) is 32.7 Å². The number of rotatable bonds is 38. The third-order valence-corrected chi connectivity index (χ3v) is 11.6. The highest BCUT2D eigenvalue weighted by Crippen LogP contribution is 2.47. The lowest BCUT2D eigenvalue weighted by Gasteiger charge is -2.41. The summed E-state index contributed by atoms with van der Waals surface area (Å²) in [6.07, 6.45) is 31.2. The molecule has 1 aliphatic carbocycles. The van der Waals surface area contributed by atoms with Crippen LogP contribution in [0, 0.1) is 0 Å². The average Bonchev–Trinajstić information content (AvgIpc) is 3.27. The van der Waals surface area contributed by atoms with Gasteiger partial charge in [-0.05, 0) is 70.6 Å². The SMILES string of the molecule is CC/C=C\C/C=C\CC(O)/C=C/C=C\C/C=C\CCCC(=O)O[C@H](COC(=O)CCCCCCCCC/C=C\CCCCCCCC)COP(=O)(O)OC1[C@H](O)[C@H](O)C(O)[C@H](O)[C@H]1O. The summed E-state index contributed by atoms with van der Waals surface area (Å²) >= 11 is 0. The highest BCUT2D eigenvalue weighted by atomic mass is 31.2. The molecule has 368 valence electrons. The number of phosphoric ester groups is 1. The van der Waals surface area contributed by atoms with E-state index in [-0.39, 0.29) is 12.8 Å². The van der Waals surface area contributed by atoms with Crippen LogP contribution in [0.5, 0.6) is 0 Å². The maximum absolute atomic E-state index is 12.8. The molecular weight excluding hydrogens is 843 g/mol. The van der Waals surface area contributed by atoms with E-state index in [1.807, 2.05) is 36.5 Å². The van der Waals surface area contributed by atoms with Crippen molar-refractivity contribution in [2.24, 2.45) is 0 Å². The highest BCUT2D eigenvalue weighted by molar-refractivity contribution is 7.47. The van der Waals surface area contributed by atoms with Gasteiger partial charge in [0, 0.05) is 12.8 Å². The number of unbranched alkanes of at least 4 members (excludes halogenated alkanes) is 14. The molecule has 7 N–H and O–H groups in total. The number of hydrogen-bond donors (Lipinski definition) is 7. The van der Waals surface area contributed by atoms with E-state index in [0.29, 0.717) is 32.1 Å². The Balaban J connectivity index is 2.52. The first kappa shape index (κ1) is 59.3. The Kier molecular flexibility index (Phi) is 35.5. The lowest BCUT2D eigenvalue weighted by atomic mass is 9.85. The zero-order chi connectivity index (χ0) is 47.3. The van der Waals surface area contributed by atoms with Gasteiger partial charge in [-0.15, -0.1) is 0 Å². The molecule has 0 heterocycles. The normalized spacial score (nSPS) is 22.7. The van der Waals surface area contributed by atoms with Gasteiger partial charge in [0.2, 0.25) is 0 Å². The van der Waals surface area contributed by atoms with Crippen LogP contribution in [0.1, 0.15) is 162 Å². The Hall–Kier alpha value is -2.75. The Morgan fingerprint density at radius 3 is 1.73 bits per heavy atom. The predicted molar refractivity (Wildman–Crippen MR) is 250 cm³/mol.